The van der Waals surface area contributed by atoms with E-state index >= 15 is 0 Å². The number of carboxylic acid groups (broad SMARTS) is 1. The molecule has 2 nitrogen and oxygen atoms in total. The number of benzene rings is 1. The number of halogens is 2. The molecule has 0 aliphatic heterocycles. The normalized spacial score (nSPS) is 12.4. The number of carboxylic acids is 1. The fourth-order valence-electron chi connectivity index (χ4n) is 1.19. The van der Waals surface area contributed by atoms with Crippen molar-refractivity contribution in [3.63, 3.8) is 0 Å². The summed E-state index contributed by atoms with van der Waals surface area (Å²) < 4.78 is 14.1. The number of aliphatic carboxylic acids is 1. The van der Waals surface area contributed by atoms with Crippen molar-refractivity contribution in [3.8, 4) is 0 Å². The lowest BCUT2D eigenvalue weighted by Crippen LogP contribution is -2.15. The lowest BCUT2D eigenvalue weighted by Gasteiger charge is -2.09. The van der Waals surface area contributed by atoms with Gasteiger partial charge in [0.25, 0.3) is 0 Å². The van der Waals surface area contributed by atoms with Crippen LogP contribution in [0.5, 0.6) is 0 Å². The Bertz CT molecular complexity index is 384. The number of hydrogen-bond donors (Lipinski definition) is 1. The molecule has 5 heteroatoms. The van der Waals surface area contributed by atoms with Crippen molar-refractivity contribution in [3.05, 3.63) is 34.1 Å². The second-order valence-corrected chi connectivity index (χ2v) is 5.39. The Hall–Kier alpha value is -0.550. The van der Waals surface area contributed by atoms with Crippen molar-refractivity contribution in [2.75, 3.05) is 0 Å². The van der Waals surface area contributed by atoms with Gasteiger partial charge >= 0.3 is 5.97 Å². The highest BCUT2D eigenvalue weighted by molar-refractivity contribution is 9.10. The molecule has 1 N–H and O–H groups in total. The lowest BCUT2D eigenvalue weighted by atomic mass is 10.2. The molecule has 0 spiro atoms. The highest BCUT2D eigenvalue weighted by atomic mass is 79.9. The van der Waals surface area contributed by atoms with Crippen LogP contribution in [0.4, 0.5) is 4.39 Å². The Morgan fingerprint density at radius 2 is 2.31 bits per heavy atom. The van der Waals surface area contributed by atoms with Crippen LogP contribution < -0.4 is 0 Å². The molecule has 0 aliphatic carbocycles. The molecule has 0 amide bonds. The molecule has 1 aromatic rings. The fraction of sp³-hybridized carbons (Fsp3) is 0.364. The topological polar surface area (TPSA) is 37.3 Å². The average Bonchev–Trinajstić information content (AvgIpc) is 2.21. The van der Waals surface area contributed by atoms with Crippen LogP contribution >= 0.6 is 27.7 Å². The van der Waals surface area contributed by atoms with Gasteiger partial charge in [-0.2, -0.15) is 0 Å². The standard InChI is InChI=1S/C11H12BrFO2S/c1-2-10(11(14)15)16-6-7-3-4-8(12)5-9(7)13/h3-5,10H,2,6H2,1H3,(H,14,15). The zero-order chi connectivity index (χ0) is 12.1. The molecular weight excluding hydrogens is 295 g/mol. The SMILES string of the molecule is CCC(SCc1ccc(Br)cc1F)C(=O)O. The van der Waals surface area contributed by atoms with E-state index in [1.54, 1.807) is 12.1 Å². The first kappa shape index (κ1) is 13.5. The quantitative estimate of drug-likeness (QED) is 0.901. The molecule has 0 heterocycles. The van der Waals surface area contributed by atoms with Crippen LogP contribution in [0.3, 0.4) is 0 Å². The van der Waals surface area contributed by atoms with E-state index in [1.807, 2.05) is 6.92 Å². The van der Waals surface area contributed by atoms with Gasteiger partial charge in [0.05, 0.1) is 0 Å². The third-order valence-corrected chi connectivity index (χ3v) is 4.01. The van der Waals surface area contributed by atoms with Crippen LogP contribution in [0.25, 0.3) is 0 Å². The van der Waals surface area contributed by atoms with Gasteiger partial charge in [0.15, 0.2) is 0 Å². The van der Waals surface area contributed by atoms with Gasteiger partial charge in [-0.15, -0.1) is 11.8 Å². The van der Waals surface area contributed by atoms with E-state index in [1.165, 1.54) is 17.8 Å². The van der Waals surface area contributed by atoms with Crippen LogP contribution in [0.15, 0.2) is 22.7 Å². The molecule has 1 atom stereocenters. The molecule has 88 valence electrons. The summed E-state index contributed by atoms with van der Waals surface area (Å²) in [6.07, 6.45) is 0.540. The number of rotatable bonds is 5. The first-order valence-electron chi connectivity index (χ1n) is 4.83. The maximum Gasteiger partial charge on any atom is 0.316 e. The zero-order valence-corrected chi connectivity index (χ0v) is 11.1. The van der Waals surface area contributed by atoms with Gasteiger partial charge in [-0.25, -0.2) is 4.39 Å². The summed E-state index contributed by atoms with van der Waals surface area (Å²) in [6.45, 7) is 1.81. The van der Waals surface area contributed by atoms with Crippen LogP contribution in [-0.4, -0.2) is 16.3 Å². The average molecular weight is 307 g/mol. The molecule has 1 rings (SSSR count). The van der Waals surface area contributed by atoms with Crippen molar-refractivity contribution in [1.82, 2.24) is 0 Å². The van der Waals surface area contributed by atoms with E-state index in [2.05, 4.69) is 15.9 Å². The third kappa shape index (κ3) is 3.79. The van der Waals surface area contributed by atoms with Crippen molar-refractivity contribution in [2.45, 2.75) is 24.3 Å². The Labute approximate surface area is 106 Å². The molecule has 0 aliphatic rings. The van der Waals surface area contributed by atoms with Crippen molar-refractivity contribution >= 4 is 33.7 Å². The largest absolute Gasteiger partial charge is 0.480 e. The van der Waals surface area contributed by atoms with E-state index in [9.17, 15) is 9.18 Å². The molecule has 0 fully saturated rings. The molecule has 0 saturated carbocycles. The summed E-state index contributed by atoms with van der Waals surface area (Å²) in [5, 5.41) is 8.37. The van der Waals surface area contributed by atoms with Gasteiger partial charge in [-0.05, 0) is 24.1 Å². The van der Waals surface area contributed by atoms with E-state index in [-0.39, 0.29) is 5.82 Å². The minimum atomic E-state index is -0.843. The van der Waals surface area contributed by atoms with Crippen molar-refractivity contribution in [1.29, 1.82) is 0 Å². The van der Waals surface area contributed by atoms with Gasteiger partial charge in [-0.3, -0.25) is 4.79 Å². The maximum absolute atomic E-state index is 13.4. The summed E-state index contributed by atoms with van der Waals surface area (Å²) in [4.78, 5) is 10.8. The molecule has 0 bridgehead atoms. The molecule has 1 unspecified atom stereocenters. The van der Waals surface area contributed by atoms with Gasteiger partial charge < -0.3 is 5.11 Å². The van der Waals surface area contributed by atoms with Crippen molar-refractivity contribution in [2.24, 2.45) is 0 Å². The van der Waals surface area contributed by atoms with E-state index in [0.29, 0.717) is 22.2 Å². The van der Waals surface area contributed by atoms with Crippen molar-refractivity contribution < 1.29 is 14.3 Å². The Morgan fingerprint density at radius 1 is 1.62 bits per heavy atom. The second kappa shape index (κ2) is 6.25. The minimum absolute atomic E-state index is 0.304. The predicted molar refractivity (Wildman–Crippen MR) is 67.1 cm³/mol. The number of carbonyl (C=O) groups is 1. The number of hydrogen-bond acceptors (Lipinski definition) is 2. The highest BCUT2D eigenvalue weighted by Gasteiger charge is 2.16. The summed E-state index contributed by atoms with van der Waals surface area (Å²) in [5.41, 5.74) is 0.535. The van der Waals surface area contributed by atoms with Crippen LogP contribution in [0.2, 0.25) is 0 Å². The smallest absolute Gasteiger partial charge is 0.316 e. The number of thioether (sulfide) groups is 1. The third-order valence-electron chi connectivity index (χ3n) is 2.10. The summed E-state index contributed by atoms with van der Waals surface area (Å²) in [5.74, 6) is -0.767. The van der Waals surface area contributed by atoms with Gasteiger partial charge in [-0.1, -0.05) is 28.9 Å². The van der Waals surface area contributed by atoms with Gasteiger partial charge in [0.2, 0.25) is 0 Å². The van der Waals surface area contributed by atoms with Crippen LogP contribution in [0.1, 0.15) is 18.9 Å². The summed E-state index contributed by atoms with van der Waals surface area (Å²) >= 11 is 4.42. The predicted octanol–water partition coefficient (Wildman–Crippen LogP) is 3.68. The highest BCUT2D eigenvalue weighted by Crippen LogP contribution is 2.24. The minimum Gasteiger partial charge on any atom is -0.480 e. The maximum atomic E-state index is 13.4. The second-order valence-electron chi connectivity index (χ2n) is 3.28. The summed E-state index contributed by atoms with van der Waals surface area (Å²) in [7, 11) is 0. The lowest BCUT2D eigenvalue weighted by molar-refractivity contribution is -0.136. The Balaban J connectivity index is 2.63. The molecule has 0 saturated heterocycles. The van der Waals surface area contributed by atoms with Gasteiger partial charge in [0.1, 0.15) is 11.1 Å². The molecule has 16 heavy (non-hydrogen) atoms. The van der Waals surface area contributed by atoms with Crippen LogP contribution in [0, 0.1) is 5.82 Å². The fourth-order valence-corrected chi connectivity index (χ4v) is 2.52. The molecule has 0 aromatic heterocycles. The van der Waals surface area contributed by atoms with Gasteiger partial charge in [0, 0.05) is 10.2 Å². The van der Waals surface area contributed by atoms with E-state index in [0.717, 1.165) is 0 Å². The summed E-state index contributed by atoms with van der Waals surface area (Å²) in [6, 6.07) is 4.80. The molecule has 1 aromatic carbocycles. The first-order chi connectivity index (χ1) is 7.54. The van der Waals surface area contributed by atoms with E-state index < -0.39 is 11.2 Å². The zero-order valence-electron chi connectivity index (χ0n) is 8.74. The molecule has 0 radical (unpaired) electrons. The van der Waals surface area contributed by atoms with E-state index in [4.69, 9.17) is 5.11 Å². The first-order valence-corrected chi connectivity index (χ1v) is 6.67. The molecular formula is C11H12BrFO2S. The van der Waals surface area contributed by atoms with Crippen LogP contribution in [-0.2, 0) is 10.5 Å². The monoisotopic (exact) mass is 306 g/mol. The Morgan fingerprint density at radius 3 is 2.81 bits per heavy atom. The Kier molecular flexibility index (Phi) is 5.28.